The minimum atomic E-state index is 0.733. The number of hydrogen-bond acceptors (Lipinski definition) is 3. The van der Waals surface area contributed by atoms with Gasteiger partial charge in [-0.3, -0.25) is 4.98 Å². The Balaban J connectivity index is 1.91. The Morgan fingerprint density at radius 3 is 3.00 bits per heavy atom. The maximum absolute atomic E-state index is 5.40. The monoisotopic (exact) mass is 285 g/mol. The van der Waals surface area contributed by atoms with E-state index in [1.807, 2.05) is 30.5 Å². The van der Waals surface area contributed by atoms with Gasteiger partial charge >= 0.3 is 0 Å². The second kappa shape index (κ2) is 5.46. The van der Waals surface area contributed by atoms with Crippen molar-refractivity contribution in [1.29, 1.82) is 0 Å². The molecule has 0 aliphatic rings. The number of aromatic amines is 1. The molecular weight excluding hydrogens is 270 g/mol. The van der Waals surface area contributed by atoms with Crippen LogP contribution in [0.4, 0.5) is 0 Å². The summed E-state index contributed by atoms with van der Waals surface area (Å²) in [5, 5.41) is 0. The Morgan fingerprint density at radius 1 is 1.35 bits per heavy atom. The lowest BCUT2D eigenvalue weighted by molar-refractivity contribution is 0.415. The summed E-state index contributed by atoms with van der Waals surface area (Å²) in [7, 11) is 1.66. The van der Waals surface area contributed by atoms with Crippen LogP contribution in [0, 0.1) is 4.77 Å². The van der Waals surface area contributed by atoms with Crippen molar-refractivity contribution < 1.29 is 4.74 Å². The van der Waals surface area contributed by atoms with Crippen LogP contribution in [-0.2, 0) is 13.0 Å². The van der Waals surface area contributed by atoms with E-state index in [0.29, 0.717) is 0 Å². The average molecular weight is 285 g/mol. The number of benzene rings is 1. The molecule has 0 fully saturated rings. The standard InChI is InChI=1S/C15H15N3OS/c1-19-12-4-5-14-13(9-12)17-15(20)18(14)8-6-11-3-2-7-16-10-11/h2-5,7,9-10H,6,8H2,1H3,(H,17,20). The number of nitrogens with zero attached hydrogens (tertiary/aromatic N) is 2. The molecule has 0 aliphatic heterocycles. The number of aryl methyl sites for hydroxylation is 2. The van der Waals surface area contributed by atoms with Crippen molar-refractivity contribution in [1.82, 2.24) is 14.5 Å². The first kappa shape index (κ1) is 12.9. The molecule has 3 rings (SSSR count). The van der Waals surface area contributed by atoms with Crippen molar-refractivity contribution in [3.05, 3.63) is 53.1 Å². The van der Waals surface area contributed by atoms with Crippen LogP contribution in [-0.4, -0.2) is 21.6 Å². The van der Waals surface area contributed by atoms with E-state index in [4.69, 9.17) is 17.0 Å². The molecule has 4 nitrogen and oxygen atoms in total. The van der Waals surface area contributed by atoms with Gasteiger partial charge in [-0.2, -0.15) is 0 Å². The molecule has 0 bridgehead atoms. The van der Waals surface area contributed by atoms with Crippen molar-refractivity contribution in [2.75, 3.05) is 7.11 Å². The highest BCUT2D eigenvalue weighted by atomic mass is 32.1. The van der Waals surface area contributed by atoms with Gasteiger partial charge in [0.1, 0.15) is 5.75 Å². The number of rotatable bonds is 4. The van der Waals surface area contributed by atoms with Gasteiger partial charge < -0.3 is 14.3 Å². The van der Waals surface area contributed by atoms with Gasteiger partial charge in [0.2, 0.25) is 0 Å². The Kier molecular flexibility index (Phi) is 3.52. The number of fused-ring (bicyclic) bond motifs is 1. The molecule has 0 atom stereocenters. The molecule has 0 unspecified atom stereocenters. The molecule has 5 heteroatoms. The summed E-state index contributed by atoms with van der Waals surface area (Å²) in [6, 6.07) is 9.98. The van der Waals surface area contributed by atoms with Crippen molar-refractivity contribution in [3.8, 4) is 5.75 Å². The number of imidazole rings is 1. The molecule has 0 saturated carbocycles. The minimum Gasteiger partial charge on any atom is -0.497 e. The van der Waals surface area contributed by atoms with Gasteiger partial charge in [-0.1, -0.05) is 6.07 Å². The molecule has 0 aliphatic carbocycles. The fraction of sp³-hybridized carbons (Fsp3) is 0.200. The number of methoxy groups -OCH3 is 1. The molecule has 102 valence electrons. The molecule has 0 spiro atoms. The highest BCUT2D eigenvalue weighted by Crippen LogP contribution is 2.20. The van der Waals surface area contributed by atoms with E-state index in [1.165, 1.54) is 5.56 Å². The third-order valence-electron chi connectivity index (χ3n) is 3.33. The van der Waals surface area contributed by atoms with Crippen LogP contribution < -0.4 is 4.74 Å². The molecule has 0 saturated heterocycles. The number of aromatic nitrogens is 3. The average Bonchev–Trinajstić information content (AvgIpc) is 2.80. The van der Waals surface area contributed by atoms with Crippen molar-refractivity contribution in [2.24, 2.45) is 0 Å². The third kappa shape index (κ3) is 2.44. The van der Waals surface area contributed by atoms with E-state index in [9.17, 15) is 0 Å². The Morgan fingerprint density at radius 2 is 2.25 bits per heavy atom. The van der Waals surface area contributed by atoms with Crippen molar-refractivity contribution in [3.63, 3.8) is 0 Å². The Labute approximate surface area is 122 Å². The lowest BCUT2D eigenvalue weighted by atomic mass is 10.2. The van der Waals surface area contributed by atoms with Crippen LogP contribution in [0.5, 0.6) is 5.75 Å². The van der Waals surface area contributed by atoms with Crippen LogP contribution in [0.2, 0.25) is 0 Å². The van der Waals surface area contributed by atoms with Crippen molar-refractivity contribution >= 4 is 23.3 Å². The predicted molar refractivity (Wildman–Crippen MR) is 81.6 cm³/mol. The van der Waals surface area contributed by atoms with Crippen LogP contribution in [0.25, 0.3) is 11.0 Å². The quantitative estimate of drug-likeness (QED) is 0.748. The van der Waals surface area contributed by atoms with E-state index in [2.05, 4.69) is 20.6 Å². The van der Waals surface area contributed by atoms with E-state index >= 15 is 0 Å². The molecule has 3 aromatic rings. The second-order valence-corrected chi connectivity index (χ2v) is 4.96. The van der Waals surface area contributed by atoms with Gasteiger partial charge in [0.25, 0.3) is 0 Å². The fourth-order valence-electron chi connectivity index (χ4n) is 2.28. The van der Waals surface area contributed by atoms with E-state index in [0.717, 1.165) is 34.5 Å². The molecule has 0 amide bonds. The smallest absolute Gasteiger partial charge is 0.178 e. The highest BCUT2D eigenvalue weighted by Gasteiger charge is 2.05. The Hall–Kier alpha value is -2.14. The number of pyridine rings is 1. The second-order valence-electron chi connectivity index (χ2n) is 4.58. The zero-order valence-electron chi connectivity index (χ0n) is 11.2. The first-order valence-electron chi connectivity index (χ1n) is 6.43. The third-order valence-corrected chi connectivity index (χ3v) is 3.65. The summed E-state index contributed by atoms with van der Waals surface area (Å²) >= 11 is 5.40. The molecule has 0 radical (unpaired) electrons. The summed E-state index contributed by atoms with van der Waals surface area (Å²) in [5.74, 6) is 0.827. The lowest BCUT2D eigenvalue weighted by Gasteiger charge is -2.05. The minimum absolute atomic E-state index is 0.733. The summed E-state index contributed by atoms with van der Waals surface area (Å²) in [4.78, 5) is 7.35. The van der Waals surface area contributed by atoms with Gasteiger partial charge in [-0.15, -0.1) is 0 Å². The van der Waals surface area contributed by atoms with E-state index in [-0.39, 0.29) is 0 Å². The molecule has 20 heavy (non-hydrogen) atoms. The lowest BCUT2D eigenvalue weighted by Crippen LogP contribution is -2.01. The summed E-state index contributed by atoms with van der Waals surface area (Å²) in [6.07, 6.45) is 4.58. The van der Waals surface area contributed by atoms with E-state index in [1.54, 1.807) is 13.3 Å². The number of nitrogens with one attached hydrogen (secondary N) is 1. The number of ether oxygens (including phenoxy) is 1. The van der Waals surface area contributed by atoms with Gasteiger partial charge in [-0.25, -0.2) is 0 Å². The predicted octanol–water partition coefficient (Wildman–Crippen LogP) is 3.35. The van der Waals surface area contributed by atoms with Gasteiger partial charge in [0.05, 0.1) is 18.1 Å². The number of H-pyrrole nitrogens is 1. The topological polar surface area (TPSA) is 42.8 Å². The largest absolute Gasteiger partial charge is 0.497 e. The maximum atomic E-state index is 5.40. The normalized spacial score (nSPS) is 10.8. The SMILES string of the molecule is COc1ccc2c(c1)[nH]c(=S)n2CCc1cccnc1. The van der Waals surface area contributed by atoms with E-state index < -0.39 is 0 Å². The van der Waals surface area contributed by atoms with Crippen LogP contribution in [0.1, 0.15) is 5.56 Å². The van der Waals surface area contributed by atoms with Crippen molar-refractivity contribution in [2.45, 2.75) is 13.0 Å². The molecule has 2 aromatic heterocycles. The summed E-state index contributed by atoms with van der Waals surface area (Å²) in [6.45, 7) is 0.830. The van der Waals surface area contributed by atoms with Crippen LogP contribution in [0.15, 0.2) is 42.7 Å². The van der Waals surface area contributed by atoms with Gasteiger partial charge in [-0.05, 0) is 42.4 Å². The summed E-state index contributed by atoms with van der Waals surface area (Å²) in [5.41, 5.74) is 3.30. The first-order valence-corrected chi connectivity index (χ1v) is 6.84. The molecule has 1 N–H and O–H groups in total. The molecule has 2 heterocycles. The highest BCUT2D eigenvalue weighted by molar-refractivity contribution is 7.71. The zero-order chi connectivity index (χ0) is 13.9. The van der Waals surface area contributed by atoms with Crippen LogP contribution >= 0.6 is 12.2 Å². The first-order chi connectivity index (χ1) is 9.78. The molecule has 1 aromatic carbocycles. The van der Waals surface area contributed by atoms with Gasteiger partial charge in [0.15, 0.2) is 4.77 Å². The van der Waals surface area contributed by atoms with Gasteiger partial charge in [0, 0.05) is 25.0 Å². The Bertz CT molecular complexity index is 777. The molecular formula is C15H15N3OS. The number of hydrogen-bond donors (Lipinski definition) is 1. The van der Waals surface area contributed by atoms with Crippen LogP contribution in [0.3, 0.4) is 0 Å². The summed E-state index contributed by atoms with van der Waals surface area (Å²) < 4.78 is 8.07. The zero-order valence-corrected chi connectivity index (χ0v) is 12.0. The fourth-order valence-corrected chi connectivity index (χ4v) is 2.58. The maximum Gasteiger partial charge on any atom is 0.178 e.